The van der Waals surface area contributed by atoms with E-state index < -0.39 is 10.0 Å². The van der Waals surface area contributed by atoms with Gasteiger partial charge >= 0.3 is 6.09 Å². The first-order chi connectivity index (χ1) is 11.7. The molecule has 0 radical (unpaired) electrons. The number of carbonyl (C=O) groups excluding carboxylic acids is 2. The summed E-state index contributed by atoms with van der Waals surface area (Å²) in [5.74, 6) is -0.182. The van der Waals surface area contributed by atoms with Crippen LogP contribution in [0.5, 0.6) is 0 Å². The molecular formula is C16H23N3O5S. The van der Waals surface area contributed by atoms with Gasteiger partial charge in [0.2, 0.25) is 10.0 Å². The summed E-state index contributed by atoms with van der Waals surface area (Å²) in [5, 5.41) is 0. The second kappa shape index (κ2) is 7.73. The third-order valence-corrected chi connectivity index (χ3v) is 4.54. The number of nitrogens with zero attached hydrogens (tertiary/aromatic N) is 2. The highest BCUT2D eigenvalue weighted by atomic mass is 32.2. The Labute approximate surface area is 147 Å². The van der Waals surface area contributed by atoms with Crippen molar-refractivity contribution in [3.05, 3.63) is 29.3 Å². The Bertz CT molecular complexity index is 755. The van der Waals surface area contributed by atoms with E-state index >= 15 is 0 Å². The third kappa shape index (κ3) is 4.85. The van der Waals surface area contributed by atoms with Gasteiger partial charge in [-0.05, 0) is 31.5 Å². The smallest absolute Gasteiger partial charge is 0.409 e. The van der Waals surface area contributed by atoms with E-state index in [0.717, 1.165) is 6.26 Å². The monoisotopic (exact) mass is 369 g/mol. The quantitative estimate of drug-likeness (QED) is 0.862. The van der Waals surface area contributed by atoms with Gasteiger partial charge in [0.15, 0.2) is 0 Å². The van der Waals surface area contributed by atoms with Crippen molar-refractivity contribution in [2.75, 3.05) is 43.8 Å². The van der Waals surface area contributed by atoms with Gasteiger partial charge in [-0.25, -0.2) is 13.2 Å². The molecule has 0 saturated carbocycles. The van der Waals surface area contributed by atoms with Crippen molar-refractivity contribution in [2.24, 2.45) is 0 Å². The fraction of sp³-hybridized carbons (Fsp3) is 0.500. The summed E-state index contributed by atoms with van der Waals surface area (Å²) in [6, 6.07) is 4.93. The highest BCUT2D eigenvalue weighted by Crippen LogP contribution is 2.22. The fourth-order valence-electron chi connectivity index (χ4n) is 2.65. The predicted molar refractivity (Wildman–Crippen MR) is 94.1 cm³/mol. The molecule has 0 aliphatic carbocycles. The Hall–Kier alpha value is -2.29. The van der Waals surface area contributed by atoms with Crippen LogP contribution < -0.4 is 4.72 Å². The molecule has 1 saturated heterocycles. The first-order valence-corrected chi connectivity index (χ1v) is 9.90. The van der Waals surface area contributed by atoms with E-state index in [2.05, 4.69) is 4.72 Å². The summed E-state index contributed by atoms with van der Waals surface area (Å²) in [5.41, 5.74) is 1.41. The van der Waals surface area contributed by atoms with Crippen molar-refractivity contribution in [1.29, 1.82) is 0 Å². The molecule has 0 atom stereocenters. The molecule has 0 unspecified atom stereocenters. The zero-order valence-electron chi connectivity index (χ0n) is 14.6. The van der Waals surface area contributed by atoms with Crippen LogP contribution in [0, 0.1) is 6.92 Å². The third-order valence-electron chi connectivity index (χ3n) is 3.95. The predicted octanol–water partition coefficient (Wildman–Crippen LogP) is 1.28. The van der Waals surface area contributed by atoms with Crippen molar-refractivity contribution >= 4 is 27.7 Å². The molecule has 0 spiro atoms. The Morgan fingerprint density at radius 1 is 1.16 bits per heavy atom. The molecule has 0 bridgehead atoms. The van der Waals surface area contributed by atoms with Crippen molar-refractivity contribution < 1.29 is 22.7 Å². The number of piperazine rings is 1. The van der Waals surface area contributed by atoms with Crippen LogP contribution in [0.3, 0.4) is 0 Å². The van der Waals surface area contributed by atoms with Gasteiger partial charge in [-0.3, -0.25) is 9.52 Å². The summed E-state index contributed by atoms with van der Waals surface area (Å²) in [6.07, 6.45) is 0.695. The number of rotatable bonds is 4. The molecule has 1 aliphatic heterocycles. The number of hydrogen-bond donors (Lipinski definition) is 1. The topological polar surface area (TPSA) is 96.0 Å². The lowest BCUT2D eigenvalue weighted by molar-refractivity contribution is 0.0570. The minimum atomic E-state index is -3.42. The van der Waals surface area contributed by atoms with Crippen molar-refractivity contribution in [1.82, 2.24) is 9.80 Å². The van der Waals surface area contributed by atoms with E-state index in [0.29, 0.717) is 49.6 Å². The summed E-state index contributed by atoms with van der Waals surface area (Å²) >= 11 is 0. The Balaban J connectivity index is 2.09. The molecule has 25 heavy (non-hydrogen) atoms. The Morgan fingerprint density at radius 3 is 2.32 bits per heavy atom. The maximum absolute atomic E-state index is 12.8. The van der Waals surface area contributed by atoms with Crippen molar-refractivity contribution in [3.63, 3.8) is 0 Å². The molecule has 8 nitrogen and oxygen atoms in total. The highest BCUT2D eigenvalue weighted by Gasteiger charge is 2.26. The van der Waals surface area contributed by atoms with Gasteiger partial charge in [-0.15, -0.1) is 0 Å². The van der Waals surface area contributed by atoms with Gasteiger partial charge in [-0.2, -0.15) is 0 Å². The molecule has 1 aromatic carbocycles. The van der Waals surface area contributed by atoms with E-state index in [1.807, 2.05) is 0 Å². The van der Waals surface area contributed by atoms with Crippen LogP contribution in [-0.2, 0) is 14.8 Å². The van der Waals surface area contributed by atoms with E-state index in [9.17, 15) is 18.0 Å². The average Bonchev–Trinajstić information content (AvgIpc) is 2.55. The molecule has 1 heterocycles. The fourth-order valence-corrected chi connectivity index (χ4v) is 3.28. The first kappa shape index (κ1) is 19.0. The average molecular weight is 369 g/mol. The molecule has 138 valence electrons. The van der Waals surface area contributed by atoms with Crippen LogP contribution in [-0.4, -0.2) is 69.3 Å². The van der Waals surface area contributed by atoms with Crippen LogP contribution in [0.4, 0.5) is 10.5 Å². The maximum Gasteiger partial charge on any atom is 0.409 e. The summed E-state index contributed by atoms with van der Waals surface area (Å²) in [4.78, 5) is 27.7. The number of anilines is 1. The maximum atomic E-state index is 12.8. The minimum Gasteiger partial charge on any atom is -0.450 e. The van der Waals surface area contributed by atoms with Gasteiger partial charge in [0.05, 0.1) is 18.6 Å². The number of amides is 2. The number of benzene rings is 1. The first-order valence-electron chi connectivity index (χ1n) is 8.01. The van der Waals surface area contributed by atoms with Crippen molar-refractivity contribution in [3.8, 4) is 0 Å². The van der Waals surface area contributed by atoms with Crippen LogP contribution in [0.15, 0.2) is 18.2 Å². The lowest BCUT2D eigenvalue weighted by Gasteiger charge is -2.34. The van der Waals surface area contributed by atoms with Crippen LogP contribution in [0.1, 0.15) is 22.8 Å². The zero-order chi connectivity index (χ0) is 18.6. The van der Waals surface area contributed by atoms with Gasteiger partial charge in [0, 0.05) is 31.7 Å². The summed E-state index contributed by atoms with van der Waals surface area (Å²) in [7, 11) is -3.42. The standard InChI is InChI=1S/C16H23N3O5S/c1-4-24-16(21)19-10-8-18(9-11-19)15(20)13-6-5-7-14(12(13)2)17-25(3,22)23/h5-7,17H,4,8-11H2,1-3H3. The van der Waals surface area contributed by atoms with Gasteiger partial charge in [0.25, 0.3) is 5.91 Å². The van der Waals surface area contributed by atoms with E-state index in [1.165, 1.54) is 0 Å². The molecular weight excluding hydrogens is 346 g/mol. The molecule has 2 amide bonds. The SMILES string of the molecule is CCOC(=O)N1CCN(C(=O)c2cccc(NS(C)(=O)=O)c2C)CC1. The lowest BCUT2D eigenvalue weighted by Crippen LogP contribution is -2.50. The number of sulfonamides is 1. The molecule has 9 heteroatoms. The minimum absolute atomic E-state index is 0.182. The van der Waals surface area contributed by atoms with E-state index in [1.54, 1.807) is 41.8 Å². The van der Waals surface area contributed by atoms with Crippen LogP contribution in [0.2, 0.25) is 0 Å². The van der Waals surface area contributed by atoms with Gasteiger partial charge in [0.1, 0.15) is 0 Å². The molecule has 1 fully saturated rings. The molecule has 1 aliphatic rings. The summed E-state index contributed by atoms with van der Waals surface area (Å²) in [6.45, 7) is 5.39. The van der Waals surface area contributed by atoms with E-state index in [4.69, 9.17) is 4.74 Å². The number of hydrogen-bond acceptors (Lipinski definition) is 5. The second-order valence-electron chi connectivity index (χ2n) is 5.83. The molecule has 0 aromatic heterocycles. The normalized spacial score (nSPS) is 15.0. The highest BCUT2D eigenvalue weighted by molar-refractivity contribution is 7.92. The molecule has 1 aromatic rings. The lowest BCUT2D eigenvalue weighted by atomic mass is 10.1. The zero-order valence-corrected chi connectivity index (χ0v) is 15.4. The van der Waals surface area contributed by atoms with Crippen LogP contribution in [0.25, 0.3) is 0 Å². The second-order valence-corrected chi connectivity index (χ2v) is 7.58. The van der Waals surface area contributed by atoms with Gasteiger partial charge < -0.3 is 14.5 Å². The molecule has 1 N–H and O–H groups in total. The number of carbonyl (C=O) groups is 2. The van der Waals surface area contributed by atoms with Crippen LogP contribution >= 0.6 is 0 Å². The number of ether oxygens (including phenoxy) is 1. The van der Waals surface area contributed by atoms with Gasteiger partial charge in [-0.1, -0.05) is 6.07 Å². The van der Waals surface area contributed by atoms with E-state index in [-0.39, 0.29) is 12.0 Å². The number of nitrogens with one attached hydrogen (secondary N) is 1. The molecule has 2 rings (SSSR count). The summed E-state index contributed by atoms with van der Waals surface area (Å²) < 4.78 is 30.2. The van der Waals surface area contributed by atoms with Crippen molar-refractivity contribution in [2.45, 2.75) is 13.8 Å². The Morgan fingerprint density at radius 2 is 1.76 bits per heavy atom. The largest absolute Gasteiger partial charge is 0.450 e. The Kier molecular flexibility index (Phi) is 5.89.